The lowest BCUT2D eigenvalue weighted by atomic mass is 10.2. The van der Waals surface area contributed by atoms with Crippen LogP contribution in [0.3, 0.4) is 0 Å². The van der Waals surface area contributed by atoms with Gasteiger partial charge in [-0.2, -0.15) is 0 Å². The standard InChI is InChI=1S/C16H18BrN3O/c1-3-11(2)19-12-8-9-18-15(10-12)16(21)20-14-7-5-4-6-13(14)17/h4-11H,3H2,1-2H3,(H,18,19)(H,20,21). The number of carbonyl (C=O) groups excluding carboxylic acids is 1. The third-order valence-electron chi connectivity index (χ3n) is 3.14. The summed E-state index contributed by atoms with van der Waals surface area (Å²) in [7, 11) is 0. The Morgan fingerprint density at radius 2 is 2.10 bits per heavy atom. The Balaban J connectivity index is 2.12. The first-order valence-electron chi connectivity index (χ1n) is 6.88. The molecule has 1 aromatic carbocycles. The van der Waals surface area contributed by atoms with Gasteiger partial charge in [-0.25, -0.2) is 0 Å². The van der Waals surface area contributed by atoms with Gasteiger partial charge in [0.25, 0.3) is 5.91 Å². The molecule has 0 saturated carbocycles. The molecule has 21 heavy (non-hydrogen) atoms. The summed E-state index contributed by atoms with van der Waals surface area (Å²) in [6.45, 7) is 4.21. The van der Waals surface area contributed by atoms with Gasteiger partial charge in [-0.3, -0.25) is 9.78 Å². The summed E-state index contributed by atoms with van der Waals surface area (Å²) in [5, 5.41) is 6.18. The normalized spacial score (nSPS) is 11.8. The second kappa shape index (κ2) is 7.22. The van der Waals surface area contributed by atoms with Gasteiger partial charge in [0.05, 0.1) is 5.69 Å². The molecule has 0 spiro atoms. The minimum atomic E-state index is -0.227. The second-order valence-corrected chi connectivity index (χ2v) is 5.67. The van der Waals surface area contributed by atoms with E-state index in [-0.39, 0.29) is 5.91 Å². The topological polar surface area (TPSA) is 54.0 Å². The summed E-state index contributed by atoms with van der Waals surface area (Å²) in [5.41, 5.74) is 2.01. The number of pyridine rings is 1. The van der Waals surface area contributed by atoms with Crippen molar-refractivity contribution in [2.24, 2.45) is 0 Å². The van der Waals surface area contributed by atoms with Crippen molar-refractivity contribution in [3.63, 3.8) is 0 Å². The van der Waals surface area contributed by atoms with Gasteiger partial charge in [0.15, 0.2) is 0 Å². The van der Waals surface area contributed by atoms with Crippen molar-refractivity contribution in [1.82, 2.24) is 4.98 Å². The molecule has 0 aliphatic rings. The molecule has 4 nitrogen and oxygen atoms in total. The molecular weight excluding hydrogens is 330 g/mol. The number of carbonyl (C=O) groups is 1. The lowest BCUT2D eigenvalue weighted by Crippen LogP contribution is -2.16. The molecule has 1 unspecified atom stereocenters. The summed E-state index contributed by atoms with van der Waals surface area (Å²) >= 11 is 3.41. The van der Waals surface area contributed by atoms with E-state index in [1.54, 1.807) is 12.3 Å². The second-order valence-electron chi connectivity index (χ2n) is 4.82. The molecule has 0 fully saturated rings. The SMILES string of the molecule is CCC(C)Nc1ccnc(C(=O)Nc2ccccc2Br)c1. The zero-order valence-electron chi connectivity index (χ0n) is 12.1. The third-order valence-corrected chi connectivity index (χ3v) is 3.83. The molecule has 0 bridgehead atoms. The maximum Gasteiger partial charge on any atom is 0.274 e. The first kappa shape index (κ1) is 15.5. The highest BCUT2D eigenvalue weighted by molar-refractivity contribution is 9.10. The van der Waals surface area contributed by atoms with Crippen molar-refractivity contribution in [3.8, 4) is 0 Å². The fraction of sp³-hybridized carbons (Fsp3) is 0.250. The monoisotopic (exact) mass is 347 g/mol. The van der Waals surface area contributed by atoms with Crippen molar-refractivity contribution < 1.29 is 4.79 Å². The zero-order chi connectivity index (χ0) is 15.2. The van der Waals surface area contributed by atoms with Crippen LogP contribution in [0.15, 0.2) is 47.1 Å². The van der Waals surface area contributed by atoms with E-state index >= 15 is 0 Å². The van der Waals surface area contributed by atoms with Crippen LogP contribution in [-0.4, -0.2) is 16.9 Å². The van der Waals surface area contributed by atoms with Crippen molar-refractivity contribution in [3.05, 3.63) is 52.8 Å². The van der Waals surface area contributed by atoms with Crippen molar-refractivity contribution in [2.45, 2.75) is 26.3 Å². The van der Waals surface area contributed by atoms with Gasteiger partial charge in [-0.15, -0.1) is 0 Å². The molecule has 2 N–H and O–H groups in total. The Bertz CT molecular complexity index is 630. The molecule has 1 heterocycles. The maximum absolute atomic E-state index is 12.3. The fourth-order valence-electron chi connectivity index (χ4n) is 1.78. The highest BCUT2D eigenvalue weighted by Crippen LogP contribution is 2.22. The van der Waals surface area contributed by atoms with Crippen molar-refractivity contribution in [1.29, 1.82) is 0 Å². The lowest BCUT2D eigenvalue weighted by Gasteiger charge is -2.13. The van der Waals surface area contributed by atoms with E-state index in [1.807, 2.05) is 30.3 Å². The molecule has 1 aromatic heterocycles. The number of hydrogen-bond acceptors (Lipinski definition) is 3. The van der Waals surface area contributed by atoms with Gasteiger partial charge in [0.1, 0.15) is 5.69 Å². The molecular formula is C16H18BrN3O. The average molecular weight is 348 g/mol. The number of hydrogen-bond donors (Lipinski definition) is 2. The van der Waals surface area contributed by atoms with E-state index < -0.39 is 0 Å². The highest BCUT2D eigenvalue weighted by Gasteiger charge is 2.10. The van der Waals surface area contributed by atoms with Gasteiger partial charge >= 0.3 is 0 Å². The number of aromatic nitrogens is 1. The van der Waals surface area contributed by atoms with E-state index in [4.69, 9.17) is 0 Å². The predicted molar refractivity (Wildman–Crippen MR) is 89.7 cm³/mol. The molecule has 1 amide bonds. The molecule has 0 saturated heterocycles. The molecule has 0 radical (unpaired) electrons. The van der Waals surface area contributed by atoms with Crippen LogP contribution in [0.2, 0.25) is 0 Å². The molecule has 2 aromatic rings. The number of rotatable bonds is 5. The quantitative estimate of drug-likeness (QED) is 0.847. The van der Waals surface area contributed by atoms with Crippen LogP contribution in [0.4, 0.5) is 11.4 Å². The largest absolute Gasteiger partial charge is 0.382 e. The van der Waals surface area contributed by atoms with Crippen LogP contribution in [0.1, 0.15) is 30.8 Å². The van der Waals surface area contributed by atoms with Gasteiger partial charge in [0, 0.05) is 22.4 Å². The first-order chi connectivity index (χ1) is 10.1. The summed E-state index contributed by atoms with van der Waals surface area (Å²) in [5.74, 6) is -0.227. The summed E-state index contributed by atoms with van der Waals surface area (Å²) < 4.78 is 0.840. The van der Waals surface area contributed by atoms with Crippen molar-refractivity contribution in [2.75, 3.05) is 10.6 Å². The van der Waals surface area contributed by atoms with E-state index in [1.165, 1.54) is 0 Å². The number of para-hydroxylation sites is 1. The van der Waals surface area contributed by atoms with Crippen LogP contribution in [0.5, 0.6) is 0 Å². The van der Waals surface area contributed by atoms with E-state index in [9.17, 15) is 4.79 Å². The minimum absolute atomic E-state index is 0.227. The molecule has 110 valence electrons. The molecule has 5 heteroatoms. The molecule has 1 atom stereocenters. The number of benzene rings is 1. The Morgan fingerprint density at radius 3 is 2.81 bits per heavy atom. The molecule has 0 aliphatic carbocycles. The Morgan fingerprint density at radius 1 is 1.33 bits per heavy atom. The minimum Gasteiger partial charge on any atom is -0.382 e. The van der Waals surface area contributed by atoms with Crippen LogP contribution in [0.25, 0.3) is 0 Å². The van der Waals surface area contributed by atoms with E-state index in [0.29, 0.717) is 11.7 Å². The maximum atomic E-state index is 12.3. The van der Waals surface area contributed by atoms with Crippen LogP contribution < -0.4 is 10.6 Å². The molecule has 2 rings (SSSR count). The summed E-state index contributed by atoms with van der Waals surface area (Å²) in [6, 6.07) is 11.5. The van der Waals surface area contributed by atoms with Crippen molar-refractivity contribution >= 4 is 33.2 Å². The predicted octanol–water partition coefficient (Wildman–Crippen LogP) is 4.31. The summed E-state index contributed by atoms with van der Waals surface area (Å²) in [4.78, 5) is 16.4. The first-order valence-corrected chi connectivity index (χ1v) is 7.68. The van der Waals surface area contributed by atoms with Gasteiger partial charge in [0.2, 0.25) is 0 Å². The van der Waals surface area contributed by atoms with Gasteiger partial charge in [-0.1, -0.05) is 19.1 Å². The average Bonchev–Trinajstić information content (AvgIpc) is 2.49. The van der Waals surface area contributed by atoms with Gasteiger partial charge in [-0.05, 0) is 53.5 Å². The lowest BCUT2D eigenvalue weighted by molar-refractivity contribution is 0.102. The Hall–Kier alpha value is -1.88. The van der Waals surface area contributed by atoms with E-state index in [0.717, 1.165) is 22.3 Å². The summed E-state index contributed by atoms with van der Waals surface area (Å²) in [6.07, 6.45) is 2.65. The molecule has 0 aliphatic heterocycles. The number of anilines is 2. The van der Waals surface area contributed by atoms with Crippen LogP contribution in [-0.2, 0) is 0 Å². The van der Waals surface area contributed by atoms with E-state index in [2.05, 4.69) is 45.4 Å². The fourth-order valence-corrected chi connectivity index (χ4v) is 2.16. The zero-order valence-corrected chi connectivity index (χ0v) is 13.6. The number of halogens is 1. The Labute approximate surface area is 133 Å². The smallest absolute Gasteiger partial charge is 0.274 e. The van der Waals surface area contributed by atoms with Crippen LogP contribution >= 0.6 is 15.9 Å². The number of nitrogens with one attached hydrogen (secondary N) is 2. The Kier molecular flexibility index (Phi) is 5.33. The third kappa shape index (κ3) is 4.29. The van der Waals surface area contributed by atoms with Gasteiger partial charge < -0.3 is 10.6 Å². The number of nitrogens with zero attached hydrogens (tertiary/aromatic N) is 1. The highest BCUT2D eigenvalue weighted by atomic mass is 79.9. The number of amides is 1. The van der Waals surface area contributed by atoms with Crippen LogP contribution in [0, 0.1) is 0 Å².